The molecule has 8 bridgehead atoms. The van der Waals surface area contributed by atoms with Crippen molar-refractivity contribution in [3.05, 3.63) is 51.8 Å². The maximum absolute atomic E-state index is 15.0. The summed E-state index contributed by atoms with van der Waals surface area (Å²) in [5.74, 6) is 0.590. The lowest BCUT2D eigenvalue weighted by atomic mass is 9.37. The number of allylic oxidation sites excluding steroid dienone is 4. The summed E-state index contributed by atoms with van der Waals surface area (Å²) < 4.78 is 26.2. The minimum absolute atomic E-state index is 0.0457. The van der Waals surface area contributed by atoms with E-state index in [4.69, 9.17) is 18.9 Å². The molecule has 3 heterocycles. The molecule has 9 aliphatic rings. The third-order valence-corrected chi connectivity index (χ3v) is 13.1. The van der Waals surface area contributed by atoms with Crippen molar-refractivity contribution < 1.29 is 38.4 Å². The zero-order valence-corrected chi connectivity index (χ0v) is 28.0. The molecule has 8 atom stereocenters. The van der Waals surface area contributed by atoms with Crippen LogP contribution in [0.3, 0.4) is 0 Å². The van der Waals surface area contributed by atoms with Gasteiger partial charge in [-0.05, 0) is 84.6 Å². The molecule has 1 N–H and O–H groups in total. The molecule has 6 aliphatic carbocycles. The van der Waals surface area contributed by atoms with Gasteiger partial charge in [0.2, 0.25) is 0 Å². The molecule has 1 saturated heterocycles. The van der Waals surface area contributed by atoms with Crippen molar-refractivity contribution in [1.82, 2.24) is 0 Å². The van der Waals surface area contributed by atoms with Crippen molar-refractivity contribution in [2.24, 2.45) is 29.1 Å². The fraction of sp³-hybridized carbons (Fsp3) is 0.605. The second-order valence-electron chi connectivity index (χ2n) is 16.4. The van der Waals surface area contributed by atoms with E-state index < -0.39 is 28.3 Å². The van der Waals surface area contributed by atoms with Crippen LogP contribution >= 0.6 is 0 Å². The average Bonchev–Trinajstić information content (AvgIpc) is 3.12. The first-order valence-corrected chi connectivity index (χ1v) is 16.8. The highest BCUT2D eigenvalue weighted by Gasteiger charge is 2.81. The Labute approximate surface area is 270 Å². The predicted molar refractivity (Wildman–Crippen MR) is 169 cm³/mol. The number of hydrogen-bond acceptors (Lipinski definition) is 8. The van der Waals surface area contributed by atoms with Gasteiger partial charge in [-0.15, -0.1) is 0 Å². The van der Waals surface area contributed by atoms with E-state index in [0.717, 1.165) is 29.5 Å². The van der Waals surface area contributed by atoms with Gasteiger partial charge >= 0.3 is 0 Å². The van der Waals surface area contributed by atoms with Crippen molar-refractivity contribution in [1.29, 1.82) is 0 Å². The molecule has 10 rings (SSSR count). The van der Waals surface area contributed by atoms with Crippen LogP contribution in [-0.4, -0.2) is 45.5 Å². The van der Waals surface area contributed by atoms with E-state index in [0.29, 0.717) is 48.1 Å². The smallest absolute Gasteiger partial charge is 0.298 e. The number of ketones is 2. The van der Waals surface area contributed by atoms with E-state index in [1.165, 1.54) is 0 Å². The van der Waals surface area contributed by atoms with Gasteiger partial charge in [0.1, 0.15) is 34.2 Å². The van der Waals surface area contributed by atoms with Crippen molar-refractivity contribution >= 4 is 18.0 Å². The van der Waals surface area contributed by atoms with Crippen LogP contribution in [0.1, 0.15) is 108 Å². The molecular weight excluding hydrogens is 584 g/mol. The number of aromatic hydroxyl groups is 1. The van der Waals surface area contributed by atoms with E-state index in [2.05, 4.69) is 26.8 Å². The maximum Gasteiger partial charge on any atom is 0.298 e. The number of fused-ring (bicyclic) bond motifs is 3. The molecule has 46 heavy (non-hydrogen) atoms. The van der Waals surface area contributed by atoms with E-state index in [1.807, 2.05) is 27.7 Å². The molecule has 8 nitrogen and oxygen atoms in total. The van der Waals surface area contributed by atoms with Crippen LogP contribution in [0.5, 0.6) is 17.2 Å². The quantitative estimate of drug-likeness (QED) is 0.211. The number of carbonyl (C=O) groups excluding carboxylic acids is 3. The minimum Gasteiger partial charge on any atom is -0.507 e. The summed E-state index contributed by atoms with van der Waals surface area (Å²) >= 11 is 0. The number of hydrogen-bond donors (Lipinski definition) is 1. The Morgan fingerprint density at radius 3 is 2.48 bits per heavy atom. The van der Waals surface area contributed by atoms with Crippen molar-refractivity contribution in [3.63, 3.8) is 0 Å². The first-order chi connectivity index (χ1) is 21.6. The molecule has 8 heteroatoms. The Balaban J connectivity index is 1.39. The summed E-state index contributed by atoms with van der Waals surface area (Å²) in [7, 11) is 0. The molecule has 1 aromatic rings. The van der Waals surface area contributed by atoms with E-state index in [9.17, 15) is 19.5 Å². The van der Waals surface area contributed by atoms with Crippen molar-refractivity contribution in [3.8, 4) is 17.2 Å². The minimum atomic E-state index is -1.52. The summed E-state index contributed by atoms with van der Waals surface area (Å²) in [5, 5.41) is 12.2. The molecule has 0 aromatic heterocycles. The van der Waals surface area contributed by atoms with Gasteiger partial charge in [-0.25, -0.2) is 0 Å². The number of phenolic OH excluding ortho intramolecular Hbond substituents is 1. The van der Waals surface area contributed by atoms with Gasteiger partial charge in [0, 0.05) is 46.8 Å². The molecule has 1 aromatic carbocycles. The zero-order valence-electron chi connectivity index (χ0n) is 28.0. The monoisotopic (exact) mass is 628 g/mol. The molecule has 5 unspecified atom stereocenters. The van der Waals surface area contributed by atoms with E-state index >= 15 is 0 Å². The summed E-state index contributed by atoms with van der Waals surface area (Å²) in [6, 6.07) is 0. The lowest BCUT2D eigenvalue weighted by Crippen LogP contribution is -2.72. The number of carbonyl (C=O) groups is 3. The highest BCUT2D eigenvalue weighted by Crippen LogP contribution is 2.76. The Morgan fingerprint density at radius 1 is 1.07 bits per heavy atom. The molecule has 0 radical (unpaired) electrons. The largest absolute Gasteiger partial charge is 0.507 e. The van der Waals surface area contributed by atoms with Crippen molar-refractivity contribution in [2.75, 3.05) is 0 Å². The Bertz CT molecular complexity index is 1740. The van der Waals surface area contributed by atoms with Gasteiger partial charge in [-0.3, -0.25) is 14.4 Å². The first kappa shape index (κ1) is 30.0. The molecule has 3 aliphatic heterocycles. The van der Waals surface area contributed by atoms with Crippen LogP contribution in [0, 0.1) is 29.1 Å². The normalized spacial score (nSPS) is 39.5. The lowest BCUT2D eigenvalue weighted by Gasteiger charge is -2.70. The van der Waals surface area contributed by atoms with E-state index in [-0.39, 0.29) is 52.5 Å². The molecule has 5 fully saturated rings. The van der Waals surface area contributed by atoms with E-state index in [1.54, 1.807) is 19.1 Å². The SMILES string of the molecule is CC(C)=CCc1c2c(c(O)c3c1O[C@@]1(C)CCC4C3C1C4(C)C)C(=O)C1=C[C@@H]3CC4C(C)(C)OC(C/C=C(/C)OC=O)(C3=O)[C@@]14O2. The summed E-state index contributed by atoms with van der Waals surface area (Å²) in [4.78, 5) is 40.5. The number of benzene rings is 1. The van der Waals surface area contributed by atoms with Crippen LogP contribution in [0.25, 0.3) is 0 Å². The maximum atomic E-state index is 15.0. The molecule has 1 spiro atoms. The highest BCUT2D eigenvalue weighted by atomic mass is 16.6. The van der Waals surface area contributed by atoms with Gasteiger partial charge in [-0.1, -0.05) is 31.6 Å². The third-order valence-electron chi connectivity index (χ3n) is 13.1. The van der Waals surface area contributed by atoms with Crippen LogP contribution < -0.4 is 9.47 Å². The standard InChI is InChI=1S/C38H44O8/c1-18(2)9-10-21-30-26(25-22-12-13-36(8,44-30)32(25)34(22,4)5)29(41)27-28(40)23-15-20-16-24-35(6,7)46-37(33(20)42,14-11-19(3)43-17-39)38(23,24)45-31(21)27/h9,11,15,17,20,22,24-25,32,41H,10,12-14,16H2,1-8H3/b19-11-/t20-,22?,24?,25?,32?,36+,37?,38-/m1/s1. The second kappa shape index (κ2) is 8.94. The molecule has 0 amide bonds. The molecule has 4 saturated carbocycles. The van der Waals surface area contributed by atoms with Crippen LogP contribution in [-0.2, 0) is 25.5 Å². The van der Waals surface area contributed by atoms with Gasteiger partial charge < -0.3 is 24.1 Å². The Kier molecular flexibility index (Phi) is 5.83. The highest BCUT2D eigenvalue weighted by molar-refractivity contribution is 6.18. The van der Waals surface area contributed by atoms with Gasteiger partial charge in [-0.2, -0.15) is 0 Å². The average molecular weight is 629 g/mol. The lowest BCUT2D eigenvalue weighted by molar-refractivity contribution is -0.214. The zero-order chi connectivity index (χ0) is 32.9. The summed E-state index contributed by atoms with van der Waals surface area (Å²) in [5.41, 5.74) is -0.973. The van der Waals surface area contributed by atoms with Crippen LogP contribution in [0.4, 0.5) is 0 Å². The van der Waals surface area contributed by atoms with Crippen LogP contribution in [0.2, 0.25) is 0 Å². The van der Waals surface area contributed by atoms with Gasteiger partial charge in [0.25, 0.3) is 6.47 Å². The summed E-state index contributed by atoms with van der Waals surface area (Å²) in [6.45, 7) is 16.8. The number of ether oxygens (including phenoxy) is 4. The second-order valence-corrected chi connectivity index (χ2v) is 16.4. The van der Waals surface area contributed by atoms with Crippen molar-refractivity contribution in [2.45, 2.75) is 116 Å². The molecule has 244 valence electrons. The Hall–Kier alpha value is -3.39. The Morgan fingerprint density at radius 2 is 1.80 bits per heavy atom. The topological polar surface area (TPSA) is 108 Å². The van der Waals surface area contributed by atoms with Gasteiger partial charge in [0.05, 0.1) is 5.60 Å². The number of Topliss-reactive ketones (excluding diaryl/α,β-unsaturated/α-hetero) is 2. The first-order valence-electron chi connectivity index (χ1n) is 16.8. The summed E-state index contributed by atoms with van der Waals surface area (Å²) in [6.07, 6.45) is 8.48. The number of phenols is 1. The van der Waals surface area contributed by atoms with Crippen LogP contribution in [0.15, 0.2) is 35.1 Å². The third kappa shape index (κ3) is 3.27. The fourth-order valence-electron chi connectivity index (χ4n) is 11.3. The fourth-order valence-corrected chi connectivity index (χ4v) is 11.3. The molecular formula is C38H44O8. The van der Waals surface area contributed by atoms with Gasteiger partial charge in [0.15, 0.2) is 22.8 Å². The number of rotatable bonds is 6. The predicted octanol–water partition coefficient (Wildman–Crippen LogP) is 6.68.